The molecule has 0 heterocycles. The molecule has 394 valence electrons. The molecule has 1 unspecified atom stereocenters. The topological polar surface area (TPSA) is 78.9 Å². The summed E-state index contributed by atoms with van der Waals surface area (Å²) in [4.78, 5) is 37.9. The highest BCUT2D eigenvalue weighted by Crippen LogP contribution is 2.16. The Hall–Kier alpha value is -3.67. The van der Waals surface area contributed by atoms with Gasteiger partial charge < -0.3 is 14.2 Å². The maximum absolute atomic E-state index is 12.8. The Morgan fingerprint density at radius 3 is 0.913 bits per heavy atom. The van der Waals surface area contributed by atoms with Gasteiger partial charge in [0.15, 0.2) is 6.10 Å². The average Bonchev–Trinajstić information content (AvgIpc) is 3.35. The zero-order chi connectivity index (χ0) is 50.0. The van der Waals surface area contributed by atoms with Crippen molar-refractivity contribution in [2.45, 2.75) is 271 Å². The fraction of sp³-hybridized carbons (Fsp3) is 0.698. The van der Waals surface area contributed by atoms with Crippen molar-refractivity contribution >= 4 is 17.9 Å². The minimum Gasteiger partial charge on any atom is -0.462 e. The molecular formula is C63H106O6. The summed E-state index contributed by atoms with van der Waals surface area (Å²) in [6.07, 6.45) is 75.8. The highest BCUT2D eigenvalue weighted by atomic mass is 16.6. The lowest BCUT2D eigenvalue weighted by atomic mass is 10.0. The van der Waals surface area contributed by atoms with Gasteiger partial charge in [0.2, 0.25) is 0 Å². The van der Waals surface area contributed by atoms with Gasteiger partial charge in [-0.05, 0) is 96.3 Å². The lowest BCUT2D eigenvalue weighted by Gasteiger charge is -2.18. The highest BCUT2D eigenvalue weighted by Gasteiger charge is 2.19. The Morgan fingerprint density at radius 2 is 0.565 bits per heavy atom. The number of rotatable bonds is 51. The number of allylic oxidation sites excluding steroid dienone is 16. The van der Waals surface area contributed by atoms with Crippen molar-refractivity contribution in [3.8, 4) is 0 Å². The van der Waals surface area contributed by atoms with E-state index in [-0.39, 0.29) is 37.5 Å². The summed E-state index contributed by atoms with van der Waals surface area (Å²) in [7, 11) is 0. The first-order valence-corrected chi connectivity index (χ1v) is 28.7. The second kappa shape index (κ2) is 56.9. The molecule has 0 aromatic heterocycles. The minimum absolute atomic E-state index is 0.0923. The van der Waals surface area contributed by atoms with Crippen LogP contribution in [-0.4, -0.2) is 37.2 Å². The summed E-state index contributed by atoms with van der Waals surface area (Å²) >= 11 is 0. The molecule has 0 radical (unpaired) electrons. The van der Waals surface area contributed by atoms with Crippen molar-refractivity contribution in [1.29, 1.82) is 0 Å². The SMILES string of the molecule is CC/C=C\C/C=C\C/C=C\C/C=C\CCCCCCCCCCCCCCCCCCC(=O)OCC(COC(=O)CCCCCCCCC)OC(=O)CCCC/C=C\C/C=C\C/C=C\C/C=C\CC. The molecule has 0 rings (SSSR count). The van der Waals surface area contributed by atoms with Crippen LogP contribution in [0.5, 0.6) is 0 Å². The van der Waals surface area contributed by atoms with E-state index >= 15 is 0 Å². The summed E-state index contributed by atoms with van der Waals surface area (Å²) in [5, 5.41) is 0. The molecule has 6 heteroatoms. The normalized spacial score (nSPS) is 12.8. The van der Waals surface area contributed by atoms with E-state index in [1.807, 2.05) is 0 Å². The van der Waals surface area contributed by atoms with E-state index in [0.717, 1.165) is 103 Å². The lowest BCUT2D eigenvalue weighted by Crippen LogP contribution is -2.30. The summed E-state index contributed by atoms with van der Waals surface area (Å²) in [6, 6.07) is 0. The van der Waals surface area contributed by atoms with Gasteiger partial charge in [-0.15, -0.1) is 0 Å². The van der Waals surface area contributed by atoms with E-state index in [0.29, 0.717) is 19.3 Å². The number of ether oxygens (including phenoxy) is 3. The summed E-state index contributed by atoms with van der Waals surface area (Å²) < 4.78 is 16.7. The van der Waals surface area contributed by atoms with Crippen molar-refractivity contribution in [3.63, 3.8) is 0 Å². The fourth-order valence-electron chi connectivity index (χ4n) is 7.84. The molecule has 0 aliphatic rings. The van der Waals surface area contributed by atoms with Crippen LogP contribution < -0.4 is 0 Å². The predicted octanol–water partition coefficient (Wildman–Crippen LogP) is 19.3. The van der Waals surface area contributed by atoms with Gasteiger partial charge in [0.1, 0.15) is 13.2 Å². The first-order valence-electron chi connectivity index (χ1n) is 28.7. The van der Waals surface area contributed by atoms with Gasteiger partial charge in [0.25, 0.3) is 0 Å². The lowest BCUT2D eigenvalue weighted by molar-refractivity contribution is -0.167. The van der Waals surface area contributed by atoms with E-state index in [4.69, 9.17) is 14.2 Å². The van der Waals surface area contributed by atoms with Crippen molar-refractivity contribution < 1.29 is 28.6 Å². The number of unbranched alkanes of at least 4 members (excludes halogenated alkanes) is 24. The molecule has 69 heavy (non-hydrogen) atoms. The Balaban J connectivity index is 4.12. The molecule has 0 aromatic carbocycles. The molecule has 0 aromatic rings. The highest BCUT2D eigenvalue weighted by molar-refractivity contribution is 5.71. The second-order valence-corrected chi connectivity index (χ2v) is 18.8. The maximum atomic E-state index is 12.8. The number of carbonyl (C=O) groups is 3. The summed E-state index contributed by atoms with van der Waals surface area (Å²) in [5.41, 5.74) is 0. The van der Waals surface area contributed by atoms with Crippen molar-refractivity contribution in [3.05, 3.63) is 97.2 Å². The van der Waals surface area contributed by atoms with Crippen LogP contribution in [0.2, 0.25) is 0 Å². The molecule has 0 aliphatic heterocycles. The third-order valence-electron chi connectivity index (χ3n) is 12.1. The van der Waals surface area contributed by atoms with Gasteiger partial charge in [-0.3, -0.25) is 14.4 Å². The quantitative estimate of drug-likeness (QED) is 0.0262. The van der Waals surface area contributed by atoms with Crippen molar-refractivity contribution in [1.82, 2.24) is 0 Å². The molecule has 1 atom stereocenters. The molecule has 0 fully saturated rings. The zero-order valence-corrected chi connectivity index (χ0v) is 45.0. The monoisotopic (exact) mass is 959 g/mol. The van der Waals surface area contributed by atoms with Crippen LogP contribution in [0, 0.1) is 0 Å². The third kappa shape index (κ3) is 55.1. The smallest absolute Gasteiger partial charge is 0.306 e. The van der Waals surface area contributed by atoms with Crippen LogP contribution in [0.3, 0.4) is 0 Å². The second-order valence-electron chi connectivity index (χ2n) is 18.8. The largest absolute Gasteiger partial charge is 0.462 e. The average molecular weight is 960 g/mol. The van der Waals surface area contributed by atoms with Crippen LogP contribution >= 0.6 is 0 Å². The maximum Gasteiger partial charge on any atom is 0.306 e. The standard InChI is InChI=1S/C63H106O6/c1-4-7-10-13-16-18-20-22-24-25-26-27-28-29-30-31-32-33-34-35-36-37-39-40-42-44-47-50-53-56-62(65)68-59-60(58-67-61(64)55-52-49-46-15-12-9-6-3)69-63(66)57-54-51-48-45-43-41-38-23-21-19-17-14-11-8-5-2/h7-8,10-11,16-19,22-24,26-27,38,43,45,60H,4-6,9,12-15,20-21,25,28-37,39-42,44,46-59H2,1-3H3/b10-7-,11-8-,18-16-,19-17-,24-22-,27-26-,38-23-,45-43-. The van der Waals surface area contributed by atoms with Gasteiger partial charge in [-0.1, -0.05) is 246 Å². The van der Waals surface area contributed by atoms with Gasteiger partial charge >= 0.3 is 17.9 Å². The van der Waals surface area contributed by atoms with Crippen LogP contribution in [0.15, 0.2) is 97.2 Å². The number of esters is 3. The van der Waals surface area contributed by atoms with Crippen LogP contribution in [-0.2, 0) is 28.6 Å². The predicted molar refractivity (Wildman–Crippen MR) is 297 cm³/mol. The van der Waals surface area contributed by atoms with Gasteiger partial charge in [0.05, 0.1) is 0 Å². The fourth-order valence-corrected chi connectivity index (χ4v) is 7.84. The molecule has 0 saturated heterocycles. The number of hydrogen-bond acceptors (Lipinski definition) is 6. The van der Waals surface area contributed by atoms with E-state index in [1.54, 1.807) is 0 Å². The van der Waals surface area contributed by atoms with E-state index < -0.39 is 6.10 Å². The number of hydrogen-bond donors (Lipinski definition) is 0. The Bertz CT molecular complexity index is 1380. The van der Waals surface area contributed by atoms with Crippen LogP contribution in [0.1, 0.15) is 265 Å². The Labute approximate surface area is 426 Å². The van der Waals surface area contributed by atoms with Crippen LogP contribution in [0.4, 0.5) is 0 Å². The minimum atomic E-state index is -0.795. The van der Waals surface area contributed by atoms with Gasteiger partial charge in [-0.2, -0.15) is 0 Å². The molecular weight excluding hydrogens is 853 g/mol. The Kier molecular flexibility index (Phi) is 53.9. The van der Waals surface area contributed by atoms with Crippen molar-refractivity contribution in [2.75, 3.05) is 13.2 Å². The zero-order valence-electron chi connectivity index (χ0n) is 45.0. The summed E-state index contributed by atoms with van der Waals surface area (Å²) in [5.74, 6) is -0.938. The van der Waals surface area contributed by atoms with Gasteiger partial charge in [0, 0.05) is 19.3 Å². The Morgan fingerprint density at radius 1 is 0.304 bits per heavy atom. The summed E-state index contributed by atoms with van der Waals surface area (Å²) in [6.45, 7) is 6.34. The van der Waals surface area contributed by atoms with Gasteiger partial charge in [-0.25, -0.2) is 0 Å². The first kappa shape index (κ1) is 65.3. The van der Waals surface area contributed by atoms with Crippen molar-refractivity contribution in [2.24, 2.45) is 0 Å². The van der Waals surface area contributed by atoms with E-state index in [9.17, 15) is 14.4 Å². The van der Waals surface area contributed by atoms with Crippen LogP contribution in [0.25, 0.3) is 0 Å². The molecule has 0 saturated carbocycles. The molecule has 0 N–H and O–H groups in total. The molecule has 6 nitrogen and oxygen atoms in total. The third-order valence-corrected chi connectivity index (χ3v) is 12.1. The van der Waals surface area contributed by atoms with E-state index in [1.165, 1.54) is 116 Å². The molecule has 0 spiro atoms. The number of carbonyl (C=O) groups excluding carboxylic acids is 3. The molecule has 0 bridgehead atoms. The molecule has 0 amide bonds. The van der Waals surface area contributed by atoms with E-state index in [2.05, 4.69) is 118 Å². The molecule has 0 aliphatic carbocycles. The first-order chi connectivity index (χ1) is 34.0.